The van der Waals surface area contributed by atoms with E-state index in [4.69, 9.17) is 0 Å². The lowest BCUT2D eigenvalue weighted by Gasteiger charge is -2.47. The molecular formula is C29H45N2OPS. The lowest BCUT2D eigenvalue weighted by Crippen LogP contribution is -2.50. The van der Waals surface area contributed by atoms with Gasteiger partial charge >= 0.3 is 0 Å². The maximum atomic E-state index is 11.2. The van der Waals surface area contributed by atoms with Gasteiger partial charge in [0.05, 0.1) is 5.75 Å². The average molecular weight is 501 g/mol. The summed E-state index contributed by atoms with van der Waals surface area (Å²) in [6.45, 7) is 14.4. The Morgan fingerprint density at radius 3 is 2.62 bits per heavy atom. The van der Waals surface area contributed by atoms with Gasteiger partial charge in [-0.05, 0) is 61.6 Å². The van der Waals surface area contributed by atoms with Gasteiger partial charge in [0.2, 0.25) is 0 Å². The minimum atomic E-state index is 0.212. The molecule has 0 amide bonds. The molecule has 0 spiro atoms. The van der Waals surface area contributed by atoms with Gasteiger partial charge in [-0.3, -0.25) is 9.69 Å². The van der Waals surface area contributed by atoms with Gasteiger partial charge in [-0.1, -0.05) is 79.8 Å². The van der Waals surface area contributed by atoms with Crippen molar-refractivity contribution in [2.75, 3.05) is 24.6 Å². The standard InChI is InChI=1S/C20H27N2OPS.C5H8.C4H10/c1-2-6-22-10-13(11-25-12-19(23)24)7-16-15-4-3-5-17-20(15)14(9-21-17)8-18(16)22;1-3-5-4-2;1-3-4-2/h3-5,9,13,16,18,21H,2,6-8,10-12,24H2,1H3;3-5H,1H2,2H3;3-4H2,1-2H3/b;5-4-;. The number of thioether (sulfide) groups is 1. The lowest BCUT2D eigenvalue weighted by atomic mass is 9.72. The fourth-order valence-electron chi connectivity index (χ4n) is 5.03. The number of hydrogen-bond acceptors (Lipinski definition) is 3. The van der Waals surface area contributed by atoms with Crippen molar-refractivity contribution in [2.45, 2.75) is 71.8 Å². The van der Waals surface area contributed by atoms with Crippen molar-refractivity contribution in [3.05, 3.63) is 60.3 Å². The number of benzene rings is 1. The van der Waals surface area contributed by atoms with Crippen LogP contribution in [0.2, 0.25) is 0 Å². The number of H-pyrrole nitrogens is 1. The van der Waals surface area contributed by atoms with Gasteiger partial charge in [0, 0.05) is 35.6 Å². The van der Waals surface area contributed by atoms with Gasteiger partial charge in [0.1, 0.15) is 0 Å². The highest BCUT2D eigenvalue weighted by atomic mass is 32.2. The van der Waals surface area contributed by atoms with Crippen LogP contribution in [0.5, 0.6) is 0 Å². The molecule has 1 aliphatic heterocycles. The second-order valence-electron chi connectivity index (χ2n) is 9.30. The molecule has 4 unspecified atom stereocenters. The third-order valence-corrected chi connectivity index (χ3v) is 8.29. The number of rotatable bonds is 8. The minimum absolute atomic E-state index is 0.212. The van der Waals surface area contributed by atoms with Crippen LogP contribution in [0.25, 0.3) is 10.9 Å². The monoisotopic (exact) mass is 500 g/mol. The van der Waals surface area contributed by atoms with Gasteiger partial charge in [-0.15, -0.1) is 0 Å². The van der Waals surface area contributed by atoms with E-state index in [0.29, 0.717) is 23.6 Å². The number of fused-ring (bicyclic) bond motifs is 2. The first-order valence-electron chi connectivity index (χ1n) is 12.9. The van der Waals surface area contributed by atoms with E-state index in [1.54, 1.807) is 23.4 Å². The summed E-state index contributed by atoms with van der Waals surface area (Å²) in [5.74, 6) is 3.03. The zero-order valence-electron chi connectivity index (χ0n) is 21.7. The van der Waals surface area contributed by atoms with E-state index in [2.05, 4.69) is 70.9 Å². The summed E-state index contributed by atoms with van der Waals surface area (Å²) in [7, 11) is 2.30. The van der Waals surface area contributed by atoms with Gasteiger partial charge in [-0.2, -0.15) is 11.8 Å². The molecule has 1 N–H and O–H groups in total. The van der Waals surface area contributed by atoms with Crippen LogP contribution in [0.4, 0.5) is 0 Å². The number of allylic oxidation sites excluding steroid dienone is 3. The van der Waals surface area contributed by atoms with E-state index in [1.165, 1.54) is 61.7 Å². The predicted molar refractivity (Wildman–Crippen MR) is 156 cm³/mol. The van der Waals surface area contributed by atoms with Gasteiger partial charge in [-0.25, -0.2) is 0 Å². The summed E-state index contributed by atoms with van der Waals surface area (Å²) in [5.41, 5.74) is 4.54. The summed E-state index contributed by atoms with van der Waals surface area (Å²) >= 11 is 1.80. The molecule has 0 radical (unpaired) electrons. The first kappa shape index (κ1) is 28.9. The van der Waals surface area contributed by atoms with E-state index in [0.717, 1.165) is 5.75 Å². The Morgan fingerprint density at radius 2 is 2.03 bits per heavy atom. The normalized spacial score (nSPS) is 21.3. The van der Waals surface area contributed by atoms with Crippen LogP contribution < -0.4 is 0 Å². The molecule has 1 aliphatic carbocycles. The van der Waals surface area contributed by atoms with Gasteiger partial charge in [0.25, 0.3) is 0 Å². The van der Waals surface area contributed by atoms with Crippen LogP contribution in [0, 0.1) is 5.92 Å². The lowest BCUT2D eigenvalue weighted by molar-refractivity contribution is -0.108. The zero-order valence-corrected chi connectivity index (χ0v) is 23.7. The third-order valence-electron chi connectivity index (χ3n) is 6.60. The number of carbonyl (C=O) groups is 1. The number of nitrogens with one attached hydrogen (secondary N) is 1. The van der Waals surface area contributed by atoms with E-state index >= 15 is 0 Å². The number of likely N-dealkylation sites (tertiary alicyclic amines) is 1. The Kier molecular flexibility index (Phi) is 13.3. The Bertz CT molecular complexity index is 920. The maximum absolute atomic E-state index is 11.2. The van der Waals surface area contributed by atoms with Crippen LogP contribution in [-0.2, 0) is 11.2 Å². The van der Waals surface area contributed by atoms with Crippen molar-refractivity contribution in [1.29, 1.82) is 0 Å². The Morgan fingerprint density at radius 1 is 1.26 bits per heavy atom. The minimum Gasteiger partial charge on any atom is -0.361 e. The second-order valence-corrected chi connectivity index (χ2v) is 11.0. The number of nitrogens with zero attached hydrogens (tertiary/aromatic N) is 1. The van der Waals surface area contributed by atoms with Crippen LogP contribution in [-0.4, -0.2) is 46.0 Å². The molecule has 1 fully saturated rings. The highest BCUT2D eigenvalue weighted by molar-refractivity contribution is 8.00. The number of aromatic nitrogens is 1. The molecule has 4 rings (SSSR count). The van der Waals surface area contributed by atoms with Crippen LogP contribution in [0.3, 0.4) is 0 Å². The summed E-state index contributed by atoms with van der Waals surface area (Å²) in [6.07, 6.45) is 14.1. The SMILES string of the molecule is C=C/C=C\C.CCCC.CCCN1CC(CSCC(=O)P)CC2c3cccc4[nH]cc(c34)CC21. The molecule has 2 heterocycles. The molecule has 1 saturated heterocycles. The van der Waals surface area contributed by atoms with Crippen molar-refractivity contribution in [3.8, 4) is 0 Å². The number of aromatic amines is 1. The van der Waals surface area contributed by atoms with E-state index in [9.17, 15) is 4.79 Å². The maximum Gasteiger partial charge on any atom is 0.158 e. The quantitative estimate of drug-likeness (QED) is 0.299. The van der Waals surface area contributed by atoms with E-state index < -0.39 is 0 Å². The number of hydrogen-bond donors (Lipinski definition) is 1. The van der Waals surface area contributed by atoms with Crippen molar-refractivity contribution >= 4 is 37.4 Å². The van der Waals surface area contributed by atoms with Crippen LogP contribution in [0.15, 0.2) is 49.2 Å². The molecule has 0 saturated carbocycles. The first-order valence-corrected chi connectivity index (χ1v) is 14.7. The summed E-state index contributed by atoms with van der Waals surface area (Å²) in [6, 6.07) is 7.39. The fourth-order valence-corrected chi connectivity index (χ4v) is 6.27. The molecular weight excluding hydrogens is 455 g/mol. The second kappa shape index (κ2) is 15.6. The van der Waals surface area contributed by atoms with E-state index in [1.807, 2.05) is 19.1 Å². The molecule has 1 aromatic carbocycles. The van der Waals surface area contributed by atoms with Crippen molar-refractivity contribution < 1.29 is 4.79 Å². The largest absolute Gasteiger partial charge is 0.361 e. The Hall–Kier alpha value is -1.35. The molecule has 4 atom stereocenters. The molecule has 5 heteroatoms. The zero-order chi connectivity index (χ0) is 24.9. The number of piperidine rings is 1. The smallest absolute Gasteiger partial charge is 0.158 e. The van der Waals surface area contributed by atoms with Crippen molar-refractivity contribution in [1.82, 2.24) is 9.88 Å². The Labute approximate surface area is 214 Å². The number of unbranched alkanes of at least 4 members (excludes halogenated alkanes) is 1. The third kappa shape index (κ3) is 8.11. The molecule has 0 bridgehead atoms. The first-order chi connectivity index (χ1) is 16.5. The summed E-state index contributed by atoms with van der Waals surface area (Å²) in [4.78, 5) is 17.4. The van der Waals surface area contributed by atoms with Gasteiger partial charge in [0.15, 0.2) is 5.52 Å². The topological polar surface area (TPSA) is 36.1 Å². The average Bonchev–Trinajstić information content (AvgIpc) is 3.25. The van der Waals surface area contributed by atoms with Crippen molar-refractivity contribution in [3.63, 3.8) is 0 Å². The highest BCUT2D eigenvalue weighted by Crippen LogP contribution is 2.45. The van der Waals surface area contributed by atoms with Crippen LogP contribution >= 0.6 is 21.0 Å². The van der Waals surface area contributed by atoms with E-state index in [-0.39, 0.29) is 5.52 Å². The van der Waals surface area contributed by atoms with Crippen LogP contribution in [0.1, 0.15) is 70.4 Å². The predicted octanol–water partition coefficient (Wildman–Crippen LogP) is 7.60. The van der Waals surface area contributed by atoms with Crippen molar-refractivity contribution in [2.24, 2.45) is 5.92 Å². The molecule has 34 heavy (non-hydrogen) atoms. The molecule has 1 aromatic heterocycles. The summed E-state index contributed by atoms with van der Waals surface area (Å²) in [5, 5.41) is 1.48. The number of carbonyl (C=O) groups excluding carboxylic acids is 1. The molecule has 188 valence electrons. The fraction of sp³-hybridized carbons (Fsp3) is 0.552. The highest BCUT2D eigenvalue weighted by Gasteiger charge is 2.40. The molecule has 2 aliphatic rings. The molecule has 2 aromatic rings. The van der Waals surface area contributed by atoms with Gasteiger partial charge < -0.3 is 4.98 Å². The summed E-state index contributed by atoms with van der Waals surface area (Å²) < 4.78 is 0. The Balaban J connectivity index is 0.000000391. The molecule has 3 nitrogen and oxygen atoms in total.